The number of aliphatic hydroxyl groups is 1. The van der Waals surface area contributed by atoms with Crippen LogP contribution < -0.4 is 0 Å². The molecule has 4 aliphatic rings. The minimum atomic E-state index is -0.290. The molecule has 3 heterocycles. The first kappa shape index (κ1) is 24.5. The van der Waals surface area contributed by atoms with E-state index in [9.17, 15) is 14.7 Å². The highest BCUT2D eigenvalue weighted by Gasteiger charge is 2.58. The van der Waals surface area contributed by atoms with Crippen LogP contribution in [0, 0.1) is 17.8 Å². The van der Waals surface area contributed by atoms with Gasteiger partial charge in [-0.1, -0.05) is 24.8 Å². The summed E-state index contributed by atoms with van der Waals surface area (Å²) in [5.74, 6) is 0.750. The van der Waals surface area contributed by atoms with Gasteiger partial charge in [-0.3, -0.25) is 14.5 Å². The van der Waals surface area contributed by atoms with E-state index in [1.54, 1.807) is 18.1 Å². The largest absolute Gasteiger partial charge is 0.459 e. The SMILES string of the molecule is COCC1=C2[C@@H](CC/C(C)=C/c3ccc(CO)o3)OC[C@@H]2[C@@H]2C(=O)N(C3CCCCC3)C(=O)[C@@H]2C1. The van der Waals surface area contributed by atoms with Crippen molar-refractivity contribution in [1.82, 2.24) is 4.90 Å². The number of likely N-dealkylation sites (tertiary alicyclic amines) is 1. The van der Waals surface area contributed by atoms with E-state index in [1.165, 1.54) is 12.0 Å². The number of fused-ring (bicyclic) bond motifs is 3. The maximum Gasteiger partial charge on any atom is 0.234 e. The molecule has 0 spiro atoms. The molecule has 5 rings (SSSR count). The Hall–Kier alpha value is -2.22. The van der Waals surface area contributed by atoms with Crippen LogP contribution in [0.1, 0.15) is 69.8 Å². The zero-order chi connectivity index (χ0) is 24.5. The molecule has 1 saturated carbocycles. The predicted molar refractivity (Wildman–Crippen MR) is 130 cm³/mol. The van der Waals surface area contributed by atoms with Gasteiger partial charge in [-0.15, -0.1) is 0 Å². The normalized spacial score (nSPS) is 29.8. The fourth-order valence-electron chi connectivity index (χ4n) is 6.73. The molecular formula is C28H37NO6. The average Bonchev–Trinajstić information content (AvgIpc) is 3.55. The molecule has 2 amide bonds. The molecule has 7 heteroatoms. The Kier molecular flexibility index (Phi) is 7.28. The van der Waals surface area contributed by atoms with Gasteiger partial charge in [0.05, 0.1) is 31.2 Å². The van der Waals surface area contributed by atoms with E-state index >= 15 is 0 Å². The lowest BCUT2D eigenvalue weighted by Gasteiger charge is -2.31. The van der Waals surface area contributed by atoms with Crippen LogP contribution in [-0.4, -0.2) is 54.3 Å². The van der Waals surface area contributed by atoms with E-state index in [0.717, 1.165) is 55.4 Å². The van der Waals surface area contributed by atoms with Crippen molar-refractivity contribution < 1.29 is 28.6 Å². The first-order valence-corrected chi connectivity index (χ1v) is 13.1. The number of methoxy groups -OCH3 is 1. The summed E-state index contributed by atoms with van der Waals surface area (Å²) in [5, 5.41) is 9.21. The van der Waals surface area contributed by atoms with Crippen molar-refractivity contribution in [2.75, 3.05) is 20.3 Å². The van der Waals surface area contributed by atoms with Crippen molar-refractivity contribution in [2.45, 2.75) is 77.0 Å². The Labute approximate surface area is 207 Å². The Morgan fingerprint density at radius 1 is 1.17 bits per heavy atom. The van der Waals surface area contributed by atoms with E-state index in [4.69, 9.17) is 13.9 Å². The highest BCUT2D eigenvalue weighted by molar-refractivity contribution is 6.06. The second-order valence-corrected chi connectivity index (χ2v) is 10.6. The van der Waals surface area contributed by atoms with E-state index in [0.29, 0.717) is 25.4 Å². The molecule has 1 aromatic rings. The van der Waals surface area contributed by atoms with Crippen LogP contribution in [0.25, 0.3) is 6.08 Å². The van der Waals surface area contributed by atoms with Crippen molar-refractivity contribution in [3.8, 4) is 0 Å². The number of nitrogens with zero attached hydrogens (tertiary/aromatic N) is 1. The molecule has 0 bridgehead atoms. The van der Waals surface area contributed by atoms with Gasteiger partial charge in [0, 0.05) is 19.1 Å². The second-order valence-electron chi connectivity index (χ2n) is 10.6. The summed E-state index contributed by atoms with van der Waals surface area (Å²) in [6, 6.07) is 3.71. The second kappa shape index (κ2) is 10.4. The van der Waals surface area contributed by atoms with E-state index in [-0.39, 0.29) is 48.3 Å². The third-order valence-electron chi connectivity index (χ3n) is 8.33. The van der Waals surface area contributed by atoms with Crippen molar-refractivity contribution in [3.63, 3.8) is 0 Å². The number of hydrogen-bond acceptors (Lipinski definition) is 6. The number of aliphatic hydroxyl groups excluding tert-OH is 1. The van der Waals surface area contributed by atoms with E-state index in [2.05, 4.69) is 6.92 Å². The number of allylic oxidation sites excluding steroid dienone is 1. The smallest absolute Gasteiger partial charge is 0.234 e. The summed E-state index contributed by atoms with van der Waals surface area (Å²) in [6.07, 6.45) is 9.42. The Balaban J connectivity index is 1.33. The lowest BCUT2D eigenvalue weighted by atomic mass is 9.69. The minimum Gasteiger partial charge on any atom is -0.459 e. The van der Waals surface area contributed by atoms with Gasteiger partial charge in [0.1, 0.15) is 18.1 Å². The van der Waals surface area contributed by atoms with Gasteiger partial charge in [0.2, 0.25) is 11.8 Å². The third kappa shape index (κ3) is 4.66. The number of carbonyl (C=O) groups is 2. The first-order valence-electron chi connectivity index (χ1n) is 13.1. The maximum absolute atomic E-state index is 13.6. The number of amides is 2. The van der Waals surface area contributed by atoms with E-state index < -0.39 is 0 Å². The molecule has 2 aliphatic carbocycles. The van der Waals surface area contributed by atoms with Gasteiger partial charge in [-0.05, 0) is 68.4 Å². The van der Waals surface area contributed by atoms with Crippen molar-refractivity contribution >= 4 is 17.9 Å². The summed E-state index contributed by atoms with van der Waals surface area (Å²) in [6.45, 7) is 2.93. The predicted octanol–water partition coefficient (Wildman–Crippen LogP) is 4.25. The van der Waals surface area contributed by atoms with Crippen LogP contribution in [0.5, 0.6) is 0 Å². The van der Waals surface area contributed by atoms with Crippen LogP contribution >= 0.6 is 0 Å². The standard InChI is InChI=1S/C28H37NO6/c1-17(12-20-9-10-21(14-30)35-20)8-11-24-25-18(15-33-2)13-22-26(23(25)16-34-24)28(32)29(27(22)31)19-6-4-3-5-7-19/h9-10,12,19,22-24,26,30H,3-8,11,13-16H2,1-2H3/b17-12+/t22-,23+,24-,26-/m1/s1. The number of furan rings is 1. The van der Waals surface area contributed by atoms with Crippen molar-refractivity contribution in [2.24, 2.45) is 17.8 Å². The van der Waals surface area contributed by atoms with Gasteiger partial charge in [-0.25, -0.2) is 0 Å². The molecule has 190 valence electrons. The number of imide groups is 1. The van der Waals surface area contributed by atoms with Crippen LogP contribution in [0.15, 0.2) is 33.3 Å². The first-order chi connectivity index (χ1) is 17.0. The molecule has 3 fully saturated rings. The molecule has 4 atom stereocenters. The molecule has 1 N–H and O–H groups in total. The fraction of sp³-hybridized carbons (Fsp3) is 0.643. The molecule has 1 aromatic heterocycles. The highest BCUT2D eigenvalue weighted by Crippen LogP contribution is 2.50. The number of carbonyl (C=O) groups excluding carboxylic acids is 2. The number of ether oxygens (including phenoxy) is 2. The molecule has 0 unspecified atom stereocenters. The Morgan fingerprint density at radius 3 is 2.69 bits per heavy atom. The Morgan fingerprint density at radius 2 is 1.97 bits per heavy atom. The molecular weight excluding hydrogens is 446 g/mol. The molecule has 0 aromatic carbocycles. The zero-order valence-electron chi connectivity index (χ0n) is 20.8. The summed E-state index contributed by atoms with van der Waals surface area (Å²) >= 11 is 0. The van der Waals surface area contributed by atoms with Gasteiger partial charge in [0.25, 0.3) is 0 Å². The van der Waals surface area contributed by atoms with Crippen LogP contribution in [0.2, 0.25) is 0 Å². The van der Waals surface area contributed by atoms with Crippen molar-refractivity contribution in [1.29, 1.82) is 0 Å². The number of hydrogen-bond donors (Lipinski definition) is 1. The van der Waals surface area contributed by atoms with E-state index in [1.807, 2.05) is 12.1 Å². The highest BCUT2D eigenvalue weighted by atomic mass is 16.5. The van der Waals surface area contributed by atoms with Gasteiger partial charge < -0.3 is 19.0 Å². The van der Waals surface area contributed by atoms with Gasteiger partial charge in [-0.2, -0.15) is 0 Å². The average molecular weight is 484 g/mol. The molecule has 7 nitrogen and oxygen atoms in total. The Bertz CT molecular complexity index is 1020. The molecule has 0 radical (unpaired) electrons. The van der Waals surface area contributed by atoms with Crippen LogP contribution in [0.4, 0.5) is 0 Å². The van der Waals surface area contributed by atoms with Crippen LogP contribution in [-0.2, 0) is 25.7 Å². The molecule has 2 saturated heterocycles. The maximum atomic E-state index is 13.6. The lowest BCUT2D eigenvalue weighted by molar-refractivity contribution is -0.143. The van der Waals surface area contributed by atoms with Gasteiger partial charge >= 0.3 is 0 Å². The summed E-state index contributed by atoms with van der Waals surface area (Å²) in [5.41, 5.74) is 3.51. The lowest BCUT2D eigenvalue weighted by Crippen LogP contribution is -2.42. The third-order valence-corrected chi connectivity index (χ3v) is 8.33. The molecule has 35 heavy (non-hydrogen) atoms. The number of rotatable bonds is 8. The zero-order valence-corrected chi connectivity index (χ0v) is 20.8. The fourth-order valence-corrected chi connectivity index (χ4v) is 6.73. The van der Waals surface area contributed by atoms with Gasteiger partial charge in [0.15, 0.2) is 0 Å². The summed E-state index contributed by atoms with van der Waals surface area (Å²) in [4.78, 5) is 28.7. The van der Waals surface area contributed by atoms with Crippen LogP contribution in [0.3, 0.4) is 0 Å². The summed E-state index contributed by atoms with van der Waals surface area (Å²) in [7, 11) is 1.69. The topological polar surface area (TPSA) is 89.2 Å². The minimum absolute atomic E-state index is 0.0301. The molecule has 2 aliphatic heterocycles. The quantitative estimate of drug-likeness (QED) is 0.439. The van der Waals surface area contributed by atoms with Crippen molar-refractivity contribution in [3.05, 3.63) is 40.4 Å². The monoisotopic (exact) mass is 483 g/mol. The summed E-state index contributed by atoms with van der Waals surface area (Å²) < 4.78 is 17.4.